The molecule has 3 N–H and O–H groups in total. The fourth-order valence-electron chi connectivity index (χ4n) is 1.84. The summed E-state index contributed by atoms with van der Waals surface area (Å²) in [6, 6.07) is -0.644. The van der Waals surface area contributed by atoms with Crippen molar-refractivity contribution in [1.29, 1.82) is 0 Å². The molecule has 1 rings (SSSR count). The smallest absolute Gasteiger partial charge is 0.321 e. The largest absolute Gasteiger partial charge is 0.395 e. The molecule has 1 aliphatic heterocycles. The number of hydrogen-bond donors (Lipinski definition) is 3. The molecule has 7 nitrogen and oxygen atoms in total. The van der Waals surface area contributed by atoms with Crippen molar-refractivity contribution in [2.75, 3.05) is 39.5 Å². The van der Waals surface area contributed by atoms with Gasteiger partial charge >= 0.3 is 6.03 Å². The number of carbonyl (C=O) groups excluding carboxylic acids is 2. The molecule has 0 aromatic rings. The van der Waals surface area contributed by atoms with E-state index in [1.54, 1.807) is 0 Å². The Kier molecular flexibility index (Phi) is 7.39. The van der Waals surface area contributed by atoms with E-state index in [0.717, 1.165) is 12.8 Å². The number of hydrogen-bond acceptors (Lipinski definition) is 5. The number of aliphatic hydroxyl groups is 1. The van der Waals surface area contributed by atoms with Gasteiger partial charge in [0.2, 0.25) is 5.91 Å². The predicted octanol–water partition coefficient (Wildman–Crippen LogP) is -0.695. The number of nitrogens with zero attached hydrogens (tertiary/aromatic N) is 1. The highest BCUT2D eigenvalue weighted by Gasteiger charge is 2.24. The fraction of sp³-hybridized carbons (Fsp3) is 0.833. The molecule has 7 heteroatoms. The molecule has 0 aromatic heterocycles. The number of urea groups is 1. The number of nitrogens with one attached hydrogen (secondary N) is 2. The summed E-state index contributed by atoms with van der Waals surface area (Å²) in [6.45, 7) is 4.14. The van der Waals surface area contributed by atoms with E-state index in [1.807, 2.05) is 11.8 Å². The Labute approximate surface area is 113 Å². The SMILES string of the molecule is CCCCNC(=O)NC(=O)CN1CCOCC1CO. The highest BCUT2D eigenvalue weighted by atomic mass is 16.5. The van der Waals surface area contributed by atoms with Gasteiger partial charge in [0.05, 0.1) is 32.4 Å². The third-order valence-electron chi connectivity index (χ3n) is 2.98. The third-order valence-corrected chi connectivity index (χ3v) is 2.98. The summed E-state index contributed by atoms with van der Waals surface area (Å²) in [5.74, 6) is -0.366. The Morgan fingerprint density at radius 3 is 2.95 bits per heavy atom. The molecule has 110 valence electrons. The van der Waals surface area contributed by atoms with E-state index in [-0.39, 0.29) is 25.1 Å². The van der Waals surface area contributed by atoms with Crippen molar-refractivity contribution in [3.63, 3.8) is 0 Å². The summed E-state index contributed by atoms with van der Waals surface area (Å²) < 4.78 is 5.22. The van der Waals surface area contributed by atoms with Gasteiger partial charge in [-0.05, 0) is 6.42 Å². The van der Waals surface area contributed by atoms with Crippen LogP contribution >= 0.6 is 0 Å². The predicted molar refractivity (Wildman–Crippen MR) is 69.7 cm³/mol. The van der Waals surface area contributed by atoms with Crippen LogP contribution in [0.4, 0.5) is 4.79 Å². The summed E-state index contributed by atoms with van der Waals surface area (Å²) >= 11 is 0. The number of morpholine rings is 1. The van der Waals surface area contributed by atoms with Crippen LogP contribution in [-0.2, 0) is 9.53 Å². The lowest BCUT2D eigenvalue weighted by molar-refractivity contribution is -0.124. The first-order valence-electron chi connectivity index (χ1n) is 6.67. The van der Waals surface area contributed by atoms with Gasteiger partial charge in [-0.25, -0.2) is 4.79 Å². The van der Waals surface area contributed by atoms with Crippen molar-refractivity contribution in [1.82, 2.24) is 15.5 Å². The van der Waals surface area contributed by atoms with Crippen LogP contribution in [0.2, 0.25) is 0 Å². The second-order valence-electron chi connectivity index (χ2n) is 4.54. The van der Waals surface area contributed by atoms with Crippen LogP contribution in [-0.4, -0.2) is 67.4 Å². The first-order valence-corrected chi connectivity index (χ1v) is 6.67. The Morgan fingerprint density at radius 1 is 1.47 bits per heavy atom. The van der Waals surface area contributed by atoms with Gasteiger partial charge < -0.3 is 15.2 Å². The minimum Gasteiger partial charge on any atom is -0.395 e. The molecule has 0 saturated carbocycles. The number of carbonyl (C=O) groups is 2. The van der Waals surface area contributed by atoms with Crippen LogP contribution in [0, 0.1) is 0 Å². The minimum atomic E-state index is -0.466. The number of imide groups is 1. The molecular formula is C12H23N3O4. The minimum absolute atomic E-state index is 0.0595. The Hall–Kier alpha value is -1.18. The van der Waals surface area contributed by atoms with E-state index >= 15 is 0 Å². The topological polar surface area (TPSA) is 90.9 Å². The monoisotopic (exact) mass is 273 g/mol. The second kappa shape index (κ2) is 8.84. The van der Waals surface area contributed by atoms with Crippen LogP contribution in [0.5, 0.6) is 0 Å². The molecule has 3 amide bonds. The summed E-state index contributed by atoms with van der Waals surface area (Å²) in [5.41, 5.74) is 0. The quantitative estimate of drug-likeness (QED) is 0.557. The summed E-state index contributed by atoms with van der Waals surface area (Å²) in [4.78, 5) is 24.9. The first kappa shape index (κ1) is 15.9. The first-order chi connectivity index (χ1) is 9.17. The fourth-order valence-corrected chi connectivity index (χ4v) is 1.84. The molecule has 1 unspecified atom stereocenters. The van der Waals surface area contributed by atoms with Gasteiger partial charge in [-0.1, -0.05) is 13.3 Å². The molecule has 0 spiro atoms. The van der Waals surface area contributed by atoms with Crippen LogP contribution in [0.25, 0.3) is 0 Å². The van der Waals surface area contributed by atoms with Crippen LogP contribution in [0.1, 0.15) is 19.8 Å². The van der Waals surface area contributed by atoms with Crippen molar-refractivity contribution in [2.24, 2.45) is 0 Å². The number of unbranched alkanes of at least 4 members (excludes halogenated alkanes) is 1. The maximum absolute atomic E-state index is 11.7. The highest BCUT2D eigenvalue weighted by Crippen LogP contribution is 2.05. The molecular weight excluding hydrogens is 250 g/mol. The van der Waals surface area contributed by atoms with Gasteiger partial charge in [-0.2, -0.15) is 0 Å². The maximum atomic E-state index is 11.7. The molecule has 0 radical (unpaired) electrons. The van der Waals surface area contributed by atoms with Crippen molar-refractivity contribution < 1.29 is 19.4 Å². The second-order valence-corrected chi connectivity index (χ2v) is 4.54. The number of amides is 3. The van der Waals surface area contributed by atoms with Crippen molar-refractivity contribution in [3.8, 4) is 0 Å². The average molecular weight is 273 g/mol. The zero-order valence-corrected chi connectivity index (χ0v) is 11.4. The lowest BCUT2D eigenvalue weighted by Gasteiger charge is -2.33. The molecule has 0 aliphatic carbocycles. The molecule has 1 heterocycles. The standard InChI is InChI=1S/C12H23N3O4/c1-2-3-4-13-12(18)14-11(17)7-15-5-6-19-9-10(15)8-16/h10,16H,2-9H2,1H3,(H2,13,14,17,18). The lowest BCUT2D eigenvalue weighted by Crippen LogP contribution is -2.52. The Morgan fingerprint density at radius 2 is 2.26 bits per heavy atom. The van der Waals surface area contributed by atoms with Gasteiger partial charge in [-0.15, -0.1) is 0 Å². The molecule has 1 fully saturated rings. The molecule has 1 aliphatic rings. The molecule has 19 heavy (non-hydrogen) atoms. The van der Waals surface area contributed by atoms with E-state index in [4.69, 9.17) is 9.84 Å². The van der Waals surface area contributed by atoms with Crippen LogP contribution in [0.3, 0.4) is 0 Å². The van der Waals surface area contributed by atoms with Crippen LogP contribution < -0.4 is 10.6 Å². The summed E-state index contributed by atoms with van der Waals surface area (Å²) in [7, 11) is 0. The van der Waals surface area contributed by atoms with Gasteiger partial charge in [-0.3, -0.25) is 15.0 Å². The summed E-state index contributed by atoms with van der Waals surface area (Å²) in [6.07, 6.45) is 1.87. The average Bonchev–Trinajstić information content (AvgIpc) is 2.39. The molecule has 1 saturated heterocycles. The Bertz CT molecular complexity index is 299. The lowest BCUT2D eigenvalue weighted by atomic mass is 10.2. The number of aliphatic hydroxyl groups excluding tert-OH is 1. The van der Waals surface area contributed by atoms with Crippen molar-refractivity contribution in [3.05, 3.63) is 0 Å². The highest BCUT2D eigenvalue weighted by molar-refractivity contribution is 5.95. The van der Waals surface area contributed by atoms with Crippen LogP contribution in [0.15, 0.2) is 0 Å². The molecule has 0 bridgehead atoms. The molecule has 0 aromatic carbocycles. The Balaban J connectivity index is 2.27. The normalized spacial score (nSPS) is 20.0. The van der Waals surface area contributed by atoms with Gasteiger partial charge in [0.25, 0.3) is 0 Å². The van der Waals surface area contributed by atoms with Gasteiger partial charge in [0, 0.05) is 13.1 Å². The van der Waals surface area contributed by atoms with Gasteiger partial charge in [0.15, 0.2) is 0 Å². The third kappa shape index (κ3) is 6.00. The molecule has 1 atom stereocenters. The maximum Gasteiger partial charge on any atom is 0.321 e. The van der Waals surface area contributed by atoms with Crippen molar-refractivity contribution >= 4 is 11.9 Å². The van der Waals surface area contributed by atoms with E-state index in [0.29, 0.717) is 26.3 Å². The van der Waals surface area contributed by atoms with E-state index in [2.05, 4.69) is 10.6 Å². The summed E-state index contributed by atoms with van der Waals surface area (Å²) in [5, 5.41) is 14.1. The zero-order chi connectivity index (χ0) is 14.1. The zero-order valence-electron chi connectivity index (χ0n) is 11.4. The number of ether oxygens (including phenoxy) is 1. The van der Waals surface area contributed by atoms with Gasteiger partial charge in [0.1, 0.15) is 0 Å². The van der Waals surface area contributed by atoms with E-state index < -0.39 is 6.03 Å². The van der Waals surface area contributed by atoms with E-state index in [9.17, 15) is 9.59 Å². The number of rotatable bonds is 6. The van der Waals surface area contributed by atoms with Crippen molar-refractivity contribution in [2.45, 2.75) is 25.8 Å². The van der Waals surface area contributed by atoms with E-state index in [1.165, 1.54) is 0 Å².